The molecule has 0 unspecified atom stereocenters. The Bertz CT molecular complexity index is 1110. The average molecular weight is 392 g/mol. The molecule has 0 aliphatic carbocycles. The summed E-state index contributed by atoms with van der Waals surface area (Å²) in [7, 11) is 0. The van der Waals surface area contributed by atoms with Crippen LogP contribution in [0.15, 0.2) is 76.4 Å². The van der Waals surface area contributed by atoms with E-state index >= 15 is 0 Å². The standard InChI is InChI=1S/C21H16N2O4S/c24-20(25)16-7-5-14(6-8-16)13-28-21-23-22-19(27-21)12-26-18-10-9-15-3-1-2-4-17(15)11-18/h1-11H,12-13H2,(H,24,25). The third-order valence-electron chi connectivity index (χ3n) is 4.09. The van der Waals surface area contributed by atoms with Crippen LogP contribution in [0.4, 0.5) is 0 Å². The van der Waals surface area contributed by atoms with Crippen LogP contribution >= 0.6 is 11.8 Å². The number of benzene rings is 3. The monoisotopic (exact) mass is 392 g/mol. The van der Waals surface area contributed by atoms with E-state index in [1.54, 1.807) is 24.3 Å². The Kier molecular flexibility index (Phi) is 5.25. The van der Waals surface area contributed by atoms with Gasteiger partial charge in [-0.15, -0.1) is 10.2 Å². The fraction of sp³-hybridized carbons (Fsp3) is 0.0952. The average Bonchev–Trinajstić information content (AvgIpc) is 3.19. The molecular weight excluding hydrogens is 376 g/mol. The number of ether oxygens (including phenoxy) is 1. The van der Waals surface area contributed by atoms with E-state index in [-0.39, 0.29) is 12.2 Å². The largest absolute Gasteiger partial charge is 0.484 e. The van der Waals surface area contributed by atoms with Crippen molar-refractivity contribution >= 4 is 28.5 Å². The molecule has 1 aromatic heterocycles. The lowest BCUT2D eigenvalue weighted by Gasteiger charge is -2.04. The zero-order valence-corrected chi connectivity index (χ0v) is 15.6. The maximum absolute atomic E-state index is 10.9. The van der Waals surface area contributed by atoms with Crippen LogP contribution < -0.4 is 4.74 Å². The fourth-order valence-corrected chi connectivity index (χ4v) is 3.38. The summed E-state index contributed by atoms with van der Waals surface area (Å²) in [4.78, 5) is 10.9. The van der Waals surface area contributed by atoms with Gasteiger partial charge in [-0.25, -0.2) is 4.79 Å². The highest BCUT2D eigenvalue weighted by atomic mass is 32.2. The highest BCUT2D eigenvalue weighted by Crippen LogP contribution is 2.24. The van der Waals surface area contributed by atoms with Gasteiger partial charge in [-0.2, -0.15) is 0 Å². The summed E-state index contributed by atoms with van der Waals surface area (Å²) in [6.07, 6.45) is 0. The lowest BCUT2D eigenvalue weighted by molar-refractivity contribution is 0.0697. The molecule has 0 fully saturated rings. The Morgan fingerprint density at radius 1 is 1.00 bits per heavy atom. The van der Waals surface area contributed by atoms with Crippen molar-refractivity contribution < 1.29 is 19.1 Å². The van der Waals surface area contributed by atoms with Crippen LogP contribution in [0.5, 0.6) is 5.75 Å². The third kappa shape index (κ3) is 4.32. The highest BCUT2D eigenvalue weighted by Gasteiger charge is 2.09. The van der Waals surface area contributed by atoms with E-state index < -0.39 is 5.97 Å². The van der Waals surface area contributed by atoms with Crippen molar-refractivity contribution in [3.63, 3.8) is 0 Å². The van der Waals surface area contributed by atoms with E-state index in [1.165, 1.54) is 11.8 Å². The van der Waals surface area contributed by atoms with Gasteiger partial charge in [0.1, 0.15) is 5.75 Å². The molecule has 140 valence electrons. The van der Waals surface area contributed by atoms with Crippen molar-refractivity contribution in [2.75, 3.05) is 0 Å². The topological polar surface area (TPSA) is 85.5 Å². The van der Waals surface area contributed by atoms with Crippen LogP contribution in [0, 0.1) is 0 Å². The van der Waals surface area contributed by atoms with Gasteiger partial charge in [-0.3, -0.25) is 0 Å². The number of carbonyl (C=O) groups is 1. The molecule has 0 saturated carbocycles. The number of aromatic carboxylic acids is 1. The number of carboxylic acids is 1. The van der Waals surface area contributed by atoms with E-state index in [1.807, 2.05) is 36.4 Å². The normalized spacial score (nSPS) is 10.9. The third-order valence-corrected chi connectivity index (χ3v) is 4.98. The van der Waals surface area contributed by atoms with Crippen molar-refractivity contribution in [3.8, 4) is 5.75 Å². The van der Waals surface area contributed by atoms with Gasteiger partial charge in [0.25, 0.3) is 11.1 Å². The maximum Gasteiger partial charge on any atom is 0.335 e. The molecule has 4 aromatic rings. The first-order valence-electron chi connectivity index (χ1n) is 8.56. The molecule has 4 rings (SSSR count). The molecule has 7 heteroatoms. The minimum Gasteiger partial charge on any atom is -0.484 e. The zero-order chi connectivity index (χ0) is 19.3. The lowest BCUT2D eigenvalue weighted by atomic mass is 10.1. The van der Waals surface area contributed by atoms with Gasteiger partial charge < -0.3 is 14.3 Å². The minimum atomic E-state index is -0.938. The van der Waals surface area contributed by atoms with Crippen LogP contribution in [0.1, 0.15) is 21.8 Å². The molecule has 0 aliphatic heterocycles. The van der Waals surface area contributed by atoms with Crippen LogP contribution in [-0.2, 0) is 12.4 Å². The summed E-state index contributed by atoms with van der Waals surface area (Å²) in [6.45, 7) is 0.194. The van der Waals surface area contributed by atoms with E-state index in [9.17, 15) is 4.79 Å². The molecule has 28 heavy (non-hydrogen) atoms. The number of thioether (sulfide) groups is 1. The molecule has 0 bridgehead atoms. The number of hydrogen-bond donors (Lipinski definition) is 1. The smallest absolute Gasteiger partial charge is 0.335 e. The van der Waals surface area contributed by atoms with Gasteiger partial charge in [-0.1, -0.05) is 54.2 Å². The quantitative estimate of drug-likeness (QED) is 0.452. The number of aromatic nitrogens is 2. The highest BCUT2D eigenvalue weighted by molar-refractivity contribution is 7.98. The van der Waals surface area contributed by atoms with E-state index in [0.717, 1.165) is 22.1 Å². The predicted molar refractivity (Wildman–Crippen MR) is 106 cm³/mol. The second-order valence-electron chi connectivity index (χ2n) is 6.05. The Morgan fingerprint density at radius 3 is 2.57 bits per heavy atom. The van der Waals surface area contributed by atoms with Crippen molar-refractivity contribution in [1.29, 1.82) is 0 Å². The SMILES string of the molecule is O=C(O)c1ccc(CSc2nnc(COc3ccc4ccccc4c3)o2)cc1. The zero-order valence-electron chi connectivity index (χ0n) is 14.7. The van der Waals surface area contributed by atoms with E-state index in [4.69, 9.17) is 14.3 Å². The van der Waals surface area contributed by atoms with Crippen molar-refractivity contribution in [1.82, 2.24) is 10.2 Å². The first-order valence-corrected chi connectivity index (χ1v) is 9.55. The fourth-order valence-electron chi connectivity index (χ4n) is 2.65. The second kappa shape index (κ2) is 8.14. The summed E-state index contributed by atoms with van der Waals surface area (Å²) < 4.78 is 11.3. The van der Waals surface area contributed by atoms with Gasteiger partial charge >= 0.3 is 5.97 Å². The molecule has 0 aliphatic rings. The number of hydrogen-bond acceptors (Lipinski definition) is 6. The van der Waals surface area contributed by atoms with Crippen molar-refractivity contribution in [2.24, 2.45) is 0 Å². The Morgan fingerprint density at radius 2 is 1.79 bits per heavy atom. The molecule has 0 amide bonds. The molecule has 0 saturated heterocycles. The molecule has 0 atom stereocenters. The van der Waals surface area contributed by atoms with Crippen LogP contribution in [-0.4, -0.2) is 21.3 Å². The first kappa shape index (κ1) is 18.1. The molecule has 3 aromatic carbocycles. The Hall–Kier alpha value is -3.32. The minimum absolute atomic E-state index is 0.194. The summed E-state index contributed by atoms with van der Waals surface area (Å²) in [5.41, 5.74) is 1.24. The van der Waals surface area contributed by atoms with Crippen LogP contribution in [0.2, 0.25) is 0 Å². The van der Waals surface area contributed by atoms with Gasteiger partial charge in [0.2, 0.25) is 0 Å². The predicted octanol–water partition coefficient (Wildman–Crippen LogP) is 4.79. The first-order chi connectivity index (χ1) is 13.7. The van der Waals surface area contributed by atoms with E-state index in [0.29, 0.717) is 16.9 Å². The lowest BCUT2D eigenvalue weighted by Crippen LogP contribution is -1.95. The van der Waals surface area contributed by atoms with Crippen molar-refractivity contribution in [3.05, 3.63) is 83.7 Å². The second-order valence-corrected chi connectivity index (χ2v) is 6.98. The summed E-state index contributed by atoms with van der Waals surface area (Å²) in [6, 6.07) is 20.7. The molecule has 1 heterocycles. The number of rotatable bonds is 7. The van der Waals surface area contributed by atoms with E-state index in [2.05, 4.69) is 16.3 Å². The Labute approximate surface area is 165 Å². The van der Waals surface area contributed by atoms with Gasteiger partial charge in [0.05, 0.1) is 5.56 Å². The summed E-state index contributed by atoms with van der Waals surface area (Å²) in [5.74, 6) is 0.807. The van der Waals surface area contributed by atoms with Gasteiger partial charge in [0.15, 0.2) is 6.61 Å². The summed E-state index contributed by atoms with van der Waals surface area (Å²) in [5, 5.41) is 19.6. The molecule has 1 N–H and O–H groups in total. The maximum atomic E-state index is 10.9. The van der Waals surface area contributed by atoms with Crippen LogP contribution in [0.3, 0.4) is 0 Å². The number of nitrogens with zero attached hydrogens (tertiary/aromatic N) is 2. The van der Waals surface area contributed by atoms with Gasteiger partial charge in [-0.05, 0) is 40.6 Å². The molecule has 6 nitrogen and oxygen atoms in total. The van der Waals surface area contributed by atoms with Crippen LogP contribution in [0.25, 0.3) is 10.8 Å². The number of carboxylic acid groups (broad SMARTS) is 1. The van der Waals surface area contributed by atoms with Gasteiger partial charge in [0, 0.05) is 5.75 Å². The molecule has 0 spiro atoms. The van der Waals surface area contributed by atoms with Crippen molar-refractivity contribution in [2.45, 2.75) is 17.6 Å². The Balaban J connectivity index is 1.32. The summed E-state index contributed by atoms with van der Waals surface area (Å²) >= 11 is 1.39. The molecular formula is C21H16N2O4S. The molecule has 0 radical (unpaired) electrons. The number of fused-ring (bicyclic) bond motifs is 1.